The van der Waals surface area contributed by atoms with E-state index in [4.69, 9.17) is 4.74 Å². The first-order valence-electron chi connectivity index (χ1n) is 6.06. The highest BCUT2D eigenvalue weighted by molar-refractivity contribution is 5.21. The lowest BCUT2D eigenvalue weighted by molar-refractivity contribution is 0.140. The van der Waals surface area contributed by atoms with Gasteiger partial charge in [0, 0.05) is 31.4 Å². The number of aliphatic hydroxyl groups excluding tert-OH is 1. The van der Waals surface area contributed by atoms with Gasteiger partial charge in [0.1, 0.15) is 11.6 Å². The molecule has 0 aliphatic heterocycles. The summed E-state index contributed by atoms with van der Waals surface area (Å²) in [7, 11) is 0. The number of nitrogens with one attached hydrogen (secondary N) is 1. The van der Waals surface area contributed by atoms with E-state index < -0.39 is 17.7 Å². The van der Waals surface area contributed by atoms with Crippen molar-refractivity contribution in [2.45, 2.75) is 19.4 Å². The third-order valence-corrected chi connectivity index (χ3v) is 2.51. The van der Waals surface area contributed by atoms with Crippen LogP contribution in [0.15, 0.2) is 18.2 Å². The lowest BCUT2D eigenvalue weighted by Gasteiger charge is -2.13. The second-order valence-corrected chi connectivity index (χ2v) is 3.94. The average molecular weight is 259 g/mol. The van der Waals surface area contributed by atoms with Crippen molar-refractivity contribution in [1.82, 2.24) is 5.32 Å². The molecule has 102 valence electrons. The third-order valence-electron chi connectivity index (χ3n) is 2.51. The summed E-state index contributed by atoms with van der Waals surface area (Å²) in [4.78, 5) is 0. The fourth-order valence-electron chi connectivity index (χ4n) is 1.56. The van der Waals surface area contributed by atoms with Gasteiger partial charge in [-0.1, -0.05) is 6.07 Å². The van der Waals surface area contributed by atoms with Gasteiger partial charge in [-0.3, -0.25) is 0 Å². The normalized spacial score (nSPS) is 12.7. The van der Waals surface area contributed by atoms with E-state index in [2.05, 4.69) is 5.32 Å². The number of hydrogen-bond acceptors (Lipinski definition) is 3. The van der Waals surface area contributed by atoms with Crippen molar-refractivity contribution in [3.8, 4) is 0 Å². The smallest absolute Gasteiger partial charge is 0.131 e. The van der Waals surface area contributed by atoms with Crippen molar-refractivity contribution in [3.63, 3.8) is 0 Å². The molecule has 0 aliphatic rings. The van der Waals surface area contributed by atoms with Crippen LogP contribution < -0.4 is 5.32 Å². The molecule has 0 bridgehead atoms. The number of benzene rings is 1. The highest BCUT2D eigenvalue weighted by atomic mass is 19.1. The van der Waals surface area contributed by atoms with E-state index in [1.54, 1.807) is 0 Å². The van der Waals surface area contributed by atoms with Gasteiger partial charge in [0.05, 0.1) is 6.10 Å². The molecular formula is C13H19F2NO2. The molecule has 1 unspecified atom stereocenters. The molecule has 2 N–H and O–H groups in total. The summed E-state index contributed by atoms with van der Waals surface area (Å²) in [6, 6.07) is 3.17. The first kappa shape index (κ1) is 15.0. The lowest BCUT2D eigenvalue weighted by atomic mass is 10.1. The van der Waals surface area contributed by atoms with Crippen molar-refractivity contribution in [2.75, 3.05) is 26.3 Å². The Balaban J connectivity index is 2.29. The molecule has 0 fully saturated rings. The van der Waals surface area contributed by atoms with E-state index >= 15 is 0 Å². The predicted octanol–water partition coefficient (Wildman–Crippen LogP) is 2.01. The van der Waals surface area contributed by atoms with Crippen LogP contribution in [0.3, 0.4) is 0 Å². The number of ether oxygens (including phenoxy) is 1. The van der Waals surface area contributed by atoms with Crippen LogP contribution in [-0.4, -0.2) is 31.4 Å². The Labute approximate surface area is 106 Å². The molecule has 5 heteroatoms. The summed E-state index contributed by atoms with van der Waals surface area (Å²) in [6.45, 7) is 4.18. The molecule has 18 heavy (non-hydrogen) atoms. The van der Waals surface area contributed by atoms with Gasteiger partial charge in [0.25, 0.3) is 0 Å². The summed E-state index contributed by atoms with van der Waals surface area (Å²) >= 11 is 0. The van der Waals surface area contributed by atoms with Gasteiger partial charge < -0.3 is 15.2 Å². The average Bonchev–Trinajstić information content (AvgIpc) is 2.33. The van der Waals surface area contributed by atoms with Crippen LogP contribution in [0.5, 0.6) is 0 Å². The van der Waals surface area contributed by atoms with Crippen molar-refractivity contribution in [2.24, 2.45) is 0 Å². The third kappa shape index (κ3) is 5.08. The Hall–Kier alpha value is -1.04. The van der Waals surface area contributed by atoms with Crippen molar-refractivity contribution < 1.29 is 18.6 Å². The van der Waals surface area contributed by atoms with Gasteiger partial charge in [0.15, 0.2) is 0 Å². The minimum Gasteiger partial charge on any atom is -0.387 e. The molecule has 0 aliphatic carbocycles. The molecule has 1 aromatic rings. The zero-order valence-corrected chi connectivity index (χ0v) is 10.5. The molecular weight excluding hydrogens is 240 g/mol. The maximum absolute atomic E-state index is 13.3. The molecule has 0 radical (unpaired) electrons. The topological polar surface area (TPSA) is 41.5 Å². The van der Waals surface area contributed by atoms with Crippen LogP contribution >= 0.6 is 0 Å². The molecule has 0 spiro atoms. The zero-order chi connectivity index (χ0) is 13.4. The molecule has 0 saturated heterocycles. The minimum atomic E-state index is -0.974. The molecule has 0 saturated carbocycles. The highest BCUT2D eigenvalue weighted by Crippen LogP contribution is 2.17. The number of halogens is 2. The fourth-order valence-corrected chi connectivity index (χ4v) is 1.56. The zero-order valence-electron chi connectivity index (χ0n) is 10.5. The van der Waals surface area contributed by atoms with Crippen LogP contribution in [0.25, 0.3) is 0 Å². The number of aliphatic hydroxyl groups is 1. The minimum absolute atomic E-state index is 0.105. The Morgan fingerprint density at radius 3 is 2.83 bits per heavy atom. The van der Waals surface area contributed by atoms with E-state index in [0.29, 0.717) is 19.8 Å². The molecule has 1 atom stereocenters. The summed E-state index contributed by atoms with van der Waals surface area (Å²) in [5.41, 5.74) is 0.105. The molecule has 0 heterocycles. The van der Waals surface area contributed by atoms with Gasteiger partial charge in [0.2, 0.25) is 0 Å². The van der Waals surface area contributed by atoms with E-state index in [-0.39, 0.29) is 12.1 Å². The molecule has 1 aromatic carbocycles. The molecule has 1 rings (SSSR count). The Bertz CT molecular complexity index is 361. The fraction of sp³-hybridized carbons (Fsp3) is 0.538. The number of hydrogen-bond donors (Lipinski definition) is 2. The van der Waals surface area contributed by atoms with Crippen LogP contribution in [0, 0.1) is 11.6 Å². The SMILES string of the molecule is CCOCCCNCC(O)c1ccc(F)cc1F. The van der Waals surface area contributed by atoms with Crippen LogP contribution in [0.2, 0.25) is 0 Å². The Morgan fingerprint density at radius 1 is 1.39 bits per heavy atom. The van der Waals surface area contributed by atoms with Crippen molar-refractivity contribution in [3.05, 3.63) is 35.4 Å². The highest BCUT2D eigenvalue weighted by Gasteiger charge is 2.12. The maximum Gasteiger partial charge on any atom is 0.131 e. The van der Waals surface area contributed by atoms with Crippen molar-refractivity contribution in [1.29, 1.82) is 0 Å². The largest absolute Gasteiger partial charge is 0.387 e. The summed E-state index contributed by atoms with van der Waals surface area (Å²) in [5.74, 6) is -1.37. The maximum atomic E-state index is 13.3. The van der Waals surface area contributed by atoms with Crippen LogP contribution in [-0.2, 0) is 4.74 Å². The molecule has 0 amide bonds. The van der Waals surface area contributed by atoms with E-state index in [1.807, 2.05) is 6.92 Å². The first-order valence-corrected chi connectivity index (χ1v) is 6.06. The van der Waals surface area contributed by atoms with E-state index in [9.17, 15) is 13.9 Å². The van der Waals surface area contributed by atoms with Crippen molar-refractivity contribution >= 4 is 0 Å². The lowest BCUT2D eigenvalue weighted by Crippen LogP contribution is -2.24. The number of rotatable bonds is 8. The Morgan fingerprint density at radius 2 is 2.17 bits per heavy atom. The van der Waals surface area contributed by atoms with E-state index in [0.717, 1.165) is 18.6 Å². The van der Waals surface area contributed by atoms with Gasteiger partial charge >= 0.3 is 0 Å². The van der Waals surface area contributed by atoms with Gasteiger partial charge in [-0.05, 0) is 26.0 Å². The van der Waals surface area contributed by atoms with Crippen LogP contribution in [0.1, 0.15) is 25.0 Å². The predicted molar refractivity (Wildman–Crippen MR) is 65.3 cm³/mol. The first-order chi connectivity index (χ1) is 8.65. The summed E-state index contributed by atoms with van der Waals surface area (Å²) in [6.07, 6.45) is -0.149. The summed E-state index contributed by atoms with van der Waals surface area (Å²) < 4.78 is 31.2. The van der Waals surface area contributed by atoms with Gasteiger partial charge in [-0.15, -0.1) is 0 Å². The Kier molecular flexibility index (Phi) is 6.78. The summed E-state index contributed by atoms with van der Waals surface area (Å²) in [5, 5.41) is 12.7. The standard InChI is InChI=1S/C13H19F2NO2/c1-2-18-7-3-6-16-9-13(17)11-5-4-10(14)8-12(11)15/h4-5,8,13,16-17H,2-3,6-7,9H2,1H3. The van der Waals surface area contributed by atoms with E-state index in [1.165, 1.54) is 6.07 Å². The second kappa shape index (κ2) is 8.13. The monoisotopic (exact) mass is 259 g/mol. The van der Waals surface area contributed by atoms with Crippen LogP contribution in [0.4, 0.5) is 8.78 Å². The van der Waals surface area contributed by atoms with Gasteiger partial charge in [-0.2, -0.15) is 0 Å². The molecule has 0 aromatic heterocycles. The quantitative estimate of drug-likeness (QED) is 0.702. The molecule has 3 nitrogen and oxygen atoms in total. The second-order valence-electron chi connectivity index (χ2n) is 3.94. The van der Waals surface area contributed by atoms with Gasteiger partial charge in [-0.25, -0.2) is 8.78 Å².